The molecule has 3 aromatic rings. The normalized spacial score (nSPS) is 12.9. The average Bonchev–Trinajstić information content (AvgIpc) is 3.49. The molecule has 2 aromatic carbocycles. The number of rotatable bonds is 16. The second-order valence-electron chi connectivity index (χ2n) is 10.2. The van der Waals surface area contributed by atoms with Crippen LogP contribution < -0.4 is 21.7 Å². The zero-order valence-electron chi connectivity index (χ0n) is 23.7. The molecule has 10 nitrogen and oxygen atoms in total. The highest BCUT2D eigenvalue weighted by Gasteiger charge is 2.26. The summed E-state index contributed by atoms with van der Waals surface area (Å²) in [7, 11) is 0. The number of nitrogens with one attached hydrogen (secondary N) is 3. The number of hydrogen-bond acceptors (Lipinski definition) is 6. The van der Waals surface area contributed by atoms with Gasteiger partial charge in [-0.3, -0.25) is 24.0 Å². The van der Waals surface area contributed by atoms with Crippen LogP contribution in [0.4, 0.5) is 5.69 Å². The van der Waals surface area contributed by atoms with Crippen molar-refractivity contribution in [2.24, 2.45) is 11.7 Å². The van der Waals surface area contributed by atoms with E-state index in [-0.39, 0.29) is 31.6 Å². The summed E-state index contributed by atoms with van der Waals surface area (Å²) in [5.41, 5.74) is 7.89. The number of thiophene rings is 1. The predicted octanol–water partition coefficient (Wildman–Crippen LogP) is 3.82. The molecular formula is C31H35BrN4O6S. The van der Waals surface area contributed by atoms with Crippen molar-refractivity contribution >= 4 is 62.6 Å². The number of halogens is 1. The maximum absolute atomic E-state index is 13.2. The minimum absolute atomic E-state index is 0.107. The Bertz CT molecular complexity index is 1400. The molecule has 1 aromatic heterocycles. The topological polar surface area (TPSA) is 168 Å². The number of benzene rings is 2. The molecule has 43 heavy (non-hydrogen) atoms. The van der Waals surface area contributed by atoms with E-state index in [1.165, 1.54) is 11.3 Å². The minimum Gasteiger partial charge on any atom is -0.481 e. The number of aliphatic carboxylic acids is 1. The van der Waals surface area contributed by atoms with Crippen LogP contribution in [0.15, 0.2) is 70.5 Å². The third-order valence-corrected chi connectivity index (χ3v) is 8.18. The first kappa shape index (κ1) is 33.5. The number of nitrogens with two attached hydrogens (primary N) is 1. The van der Waals surface area contributed by atoms with E-state index in [1.807, 2.05) is 53.9 Å². The van der Waals surface area contributed by atoms with Crippen LogP contribution in [0, 0.1) is 5.92 Å². The van der Waals surface area contributed by atoms with Gasteiger partial charge < -0.3 is 26.8 Å². The Kier molecular flexibility index (Phi) is 12.9. The summed E-state index contributed by atoms with van der Waals surface area (Å²) < 4.78 is 0.876. The molecule has 12 heteroatoms. The molecule has 0 aliphatic carbocycles. The van der Waals surface area contributed by atoms with E-state index in [0.717, 1.165) is 20.5 Å². The van der Waals surface area contributed by atoms with Crippen molar-refractivity contribution in [3.05, 3.63) is 86.5 Å². The molecule has 0 unspecified atom stereocenters. The molecule has 0 aliphatic heterocycles. The quantitative estimate of drug-likeness (QED) is 0.155. The van der Waals surface area contributed by atoms with Crippen LogP contribution in [0.25, 0.3) is 0 Å². The predicted molar refractivity (Wildman–Crippen MR) is 168 cm³/mol. The fraction of sp³-hybridized carbons (Fsp3) is 0.323. The molecule has 6 N–H and O–H groups in total. The summed E-state index contributed by atoms with van der Waals surface area (Å²) in [5, 5.41) is 19.0. The molecular weight excluding hydrogens is 636 g/mol. The maximum atomic E-state index is 13.2. The Hall–Kier alpha value is -4.03. The Balaban J connectivity index is 1.54. The number of aryl methyl sites for hydroxylation is 1. The second kappa shape index (κ2) is 16.6. The molecule has 0 fully saturated rings. The summed E-state index contributed by atoms with van der Waals surface area (Å²) in [5.74, 6) is -3.38. The Labute approximate surface area is 262 Å². The summed E-state index contributed by atoms with van der Waals surface area (Å²) in [4.78, 5) is 62.5. The molecule has 4 amide bonds. The van der Waals surface area contributed by atoms with Gasteiger partial charge in [0.2, 0.25) is 23.6 Å². The monoisotopic (exact) mass is 670 g/mol. The van der Waals surface area contributed by atoms with Crippen LogP contribution in [0.5, 0.6) is 0 Å². The summed E-state index contributed by atoms with van der Waals surface area (Å²) >= 11 is 4.80. The summed E-state index contributed by atoms with van der Waals surface area (Å²) in [6.45, 7) is 1.66. The molecule has 0 radical (unpaired) electrons. The summed E-state index contributed by atoms with van der Waals surface area (Å²) in [6.07, 6.45) is 1.26. The van der Waals surface area contributed by atoms with Gasteiger partial charge in [0, 0.05) is 40.7 Å². The number of amides is 4. The third-order valence-electron chi connectivity index (χ3n) is 6.75. The smallest absolute Gasteiger partial charge is 0.306 e. The van der Waals surface area contributed by atoms with Gasteiger partial charge >= 0.3 is 5.97 Å². The lowest BCUT2D eigenvalue weighted by Gasteiger charge is -2.22. The Morgan fingerprint density at radius 2 is 1.51 bits per heavy atom. The molecule has 0 saturated heterocycles. The average molecular weight is 672 g/mol. The molecule has 0 saturated carbocycles. The fourth-order valence-corrected chi connectivity index (χ4v) is 5.19. The van der Waals surface area contributed by atoms with Crippen molar-refractivity contribution < 1.29 is 29.1 Å². The first-order chi connectivity index (χ1) is 20.5. The third kappa shape index (κ3) is 11.6. The molecule has 228 valence electrons. The number of anilines is 1. The van der Waals surface area contributed by atoms with Crippen molar-refractivity contribution in [1.29, 1.82) is 0 Å². The van der Waals surface area contributed by atoms with Crippen LogP contribution in [0.3, 0.4) is 0 Å². The molecule has 3 rings (SSSR count). The van der Waals surface area contributed by atoms with E-state index < -0.39 is 41.7 Å². The number of carboxylic acid groups (broad SMARTS) is 1. The SMILES string of the molecule is C[C@H](CCc1ccc(NC(=O)CCC(=O)N[C@H](Cc2cccs2)C(=O)N[C@@H](Cc2ccc(Br)cc2)C(N)=O)cc1)C(=O)O. The highest BCUT2D eigenvalue weighted by molar-refractivity contribution is 9.10. The van der Waals surface area contributed by atoms with Gasteiger partial charge in [0.05, 0.1) is 5.92 Å². The van der Waals surface area contributed by atoms with Gasteiger partial charge in [0.15, 0.2) is 0 Å². The Morgan fingerprint density at radius 1 is 0.860 bits per heavy atom. The van der Waals surface area contributed by atoms with Crippen LogP contribution in [-0.4, -0.2) is 46.8 Å². The number of hydrogen-bond donors (Lipinski definition) is 5. The lowest BCUT2D eigenvalue weighted by molar-refractivity contribution is -0.141. The molecule has 3 atom stereocenters. The van der Waals surface area contributed by atoms with E-state index in [2.05, 4.69) is 31.9 Å². The fourth-order valence-electron chi connectivity index (χ4n) is 4.17. The molecule has 0 aliphatic rings. The van der Waals surface area contributed by atoms with E-state index in [4.69, 9.17) is 10.8 Å². The van der Waals surface area contributed by atoms with E-state index >= 15 is 0 Å². The molecule has 0 spiro atoms. The maximum Gasteiger partial charge on any atom is 0.306 e. The van der Waals surface area contributed by atoms with Crippen molar-refractivity contribution in [2.75, 3.05) is 5.32 Å². The number of carboxylic acids is 1. The van der Waals surface area contributed by atoms with Gasteiger partial charge in [-0.15, -0.1) is 11.3 Å². The zero-order valence-corrected chi connectivity index (χ0v) is 26.1. The van der Waals surface area contributed by atoms with Crippen LogP contribution in [0.1, 0.15) is 42.2 Å². The van der Waals surface area contributed by atoms with Gasteiger partial charge in [-0.25, -0.2) is 0 Å². The number of carbonyl (C=O) groups excluding carboxylic acids is 4. The van der Waals surface area contributed by atoms with Gasteiger partial charge in [-0.2, -0.15) is 0 Å². The highest BCUT2D eigenvalue weighted by Crippen LogP contribution is 2.16. The highest BCUT2D eigenvalue weighted by atomic mass is 79.9. The van der Waals surface area contributed by atoms with Crippen molar-refractivity contribution in [1.82, 2.24) is 10.6 Å². The molecule has 0 bridgehead atoms. The van der Waals surface area contributed by atoms with Crippen molar-refractivity contribution in [3.63, 3.8) is 0 Å². The standard InChI is InChI=1S/C31H35BrN4O6S/c1-19(31(41)42)4-5-20-8-12-23(13-9-20)34-27(37)14-15-28(38)35-26(18-24-3-2-16-43-24)30(40)36-25(29(33)39)17-21-6-10-22(32)11-7-21/h2-3,6-13,16,19,25-26H,4-5,14-15,17-18H2,1H3,(H2,33,39)(H,34,37)(H,35,38)(H,36,40)(H,41,42)/t19-,25+,26-/m1/s1. The van der Waals surface area contributed by atoms with Crippen LogP contribution in [-0.2, 0) is 43.2 Å². The van der Waals surface area contributed by atoms with Crippen molar-refractivity contribution in [2.45, 2.75) is 57.5 Å². The van der Waals surface area contributed by atoms with Crippen molar-refractivity contribution in [3.8, 4) is 0 Å². The van der Waals surface area contributed by atoms with Crippen LogP contribution >= 0.6 is 27.3 Å². The molecule has 1 heterocycles. The van der Waals surface area contributed by atoms with Gasteiger partial charge in [0.1, 0.15) is 12.1 Å². The first-order valence-electron chi connectivity index (χ1n) is 13.8. The van der Waals surface area contributed by atoms with E-state index in [9.17, 15) is 24.0 Å². The lowest BCUT2D eigenvalue weighted by atomic mass is 10.0. The lowest BCUT2D eigenvalue weighted by Crippen LogP contribution is -2.54. The van der Waals surface area contributed by atoms with Gasteiger partial charge in [-0.1, -0.05) is 53.2 Å². The minimum atomic E-state index is -0.978. The first-order valence-corrected chi connectivity index (χ1v) is 15.4. The second-order valence-corrected chi connectivity index (χ2v) is 12.2. The summed E-state index contributed by atoms with van der Waals surface area (Å²) in [6, 6.07) is 16.1. The zero-order chi connectivity index (χ0) is 31.4. The van der Waals surface area contributed by atoms with E-state index in [0.29, 0.717) is 18.5 Å². The van der Waals surface area contributed by atoms with E-state index in [1.54, 1.807) is 19.1 Å². The number of carbonyl (C=O) groups is 5. The largest absolute Gasteiger partial charge is 0.481 e. The van der Waals surface area contributed by atoms with Crippen LogP contribution in [0.2, 0.25) is 0 Å². The van der Waals surface area contributed by atoms with Gasteiger partial charge in [-0.05, 0) is 59.7 Å². The van der Waals surface area contributed by atoms with Gasteiger partial charge in [0.25, 0.3) is 0 Å². The Morgan fingerprint density at radius 3 is 2.12 bits per heavy atom. The number of primary amides is 1.